The molecule has 0 unspecified atom stereocenters. The van der Waals surface area contributed by atoms with Crippen molar-refractivity contribution in [1.29, 1.82) is 0 Å². The van der Waals surface area contributed by atoms with Gasteiger partial charge in [0.15, 0.2) is 0 Å². The Morgan fingerprint density at radius 2 is 2.50 bits per heavy atom. The summed E-state index contributed by atoms with van der Waals surface area (Å²) in [4.78, 5) is 11.0. The van der Waals surface area contributed by atoms with Gasteiger partial charge in [-0.2, -0.15) is 0 Å². The summed E-state index contributed by atoms with van der Waals surface area (Å²) in [5, 5.41) is 2.81. The van der Waals surface area contributed by atoms with Crippen LogP contribution in [0.1, 0.15) is 13.3 Å². The highest BCUT2D eigenvalue weighted by molar-refractivity contribution is 5.79. The van der Waals surface area contributed by atoms with Crippen LogP contribution in [0.3, 0.4) is 0 Å². The summed E-state index contributed by atoms with van der Waals surface area (Å²) in [5.74, 6) is 0.774. The third-order valence-corrected chi connectivity index (χ3v) is 1.97. The van der Waals surface area contributed by atoms with Crippen LogP contribution in [0.4, 0.5) is 0 Å². The predicted octanol–water partition coefficient (Wildman–Crippen LogP) is -0.283. The number of rotatable bonds is 1. The first-order chi connectivity index (χ1) is 4.74. The second-order valence-electron chi connectivity index (χ2n) is 3.02. The summed E-state index contributed by atoms with van der Waals surface area (Å²) in [6, 6.07) is 0. The number of nitrogens with one attached hydrogen (secondary N) is 1. The molecule has 1 saturated heterocycles. The Kier molecular flexibility index (Phi) is 2.27. The van der Waals surface area contributed by atoms with Gasteiger partial charge in [-0.05, 0) is 12.3 Å². The van der Waals surface area contributed by atoms with Crippen molar-refractivity contribution in [1.82, 2.24) is 5.32 Å². The molecule has 3 nitrogen and oxygen atoms in total. The SMILES string of the molecule is C[C@H]1CNC(=O)[C@@H](CN)C1. The van der Waals surface area contributed by atoms with E-state index in [-0.39, 0.29) is 11.8 Å². The number of piperidine rings is 1. The Bertz CT molecular complexity index is 136. The molecule has 0 spiro atoms. The molecule has 10 heavy (non-hydrogen) atoms. The van der Waals surface area contributed by atoms with Gasteiger partial charge in [0.05, 0.1) is 5.92 Å². The largest absolute Gasteiger partial charge is 0.356 e. The zero-order chi connectivity index (χ0) is 7.56. The van der Waals surface area contributed by atoms with Crippen LogP contribution in [0.25, 0.3) is 0 Å². The van der Waals surface area contributed by atoms with Gasteiger partial charge >= 0.3 is 0 Å². The third kappa shape index (κ3) is 1.48. The van der Waals surface area contributed by atoms with Gasteiger partial charge < -0.3 is 11.1 Å². The minimum absolute atomic E-state index is 0.0590. The van der Waals surface area contributed by atoms with E-state index in [2.05, 4.69) is 12.2 Å². The van der Waals surface area contributed by atoms with Crippen molar-refractivity contribution in [2.45, 2.75) is 13.3 Å². The maximum Gasteiger partial charge on any atom is 0.224 e. The number of nitrogens with two attached hydrogens (primary N) is 1. The number of carbonyl (C=O) groups excluding carboxylic acids is 1. The molecule has 0 bridgehead atoms. The Labute approximate surface area is 61.0 Å². The van der Waals surface area contributed by atoms with Crippen LogP contribution < -0.4 is 11.1 Å². The highest BCUT2D eigenvalue weighted by atomic mass is 16.1. The molecule has 1 aliphatic heterocycles. The molecular weight excluding hydrogens is 128 g/mol. The molecule has 1 heterocycles. The molecule has 58 valence electrons. The fourth-order valence-electron chi connectivity index (χ4n) is 1.30. The van der Waals surface area contributed by atoms with Gasteiger partial charge in [-0.1, -0.05) is 6.92 Å². The average molecular weight is 142 g/mol. The van der Waals surface area contributed by atoms with Crippen molar-refractivity contribution < 1.29 is 4.79 Å². The van der Waals surface area contributed by atoms with Crippen LogP contribution in [0, 0.1) is 11.8 Å². The van der Waals surface area contributed by atoms with Crippen LogP contribution in [-0.2, 0) is 4.79 Å². The van der Waals surface area contributed by atoms with Gasteiger partial charge in [-0.25, -0.2) is 0 Å². The molecular formula is C7H14N2O. The van der Waals surface area contributed by atoms with Crippen molar-refractivity contribution in [2.24, 2.45) is 17.6 Å². The molecule has 0 saturated carbocycles. The minimum atomic E-state index is 0.0590. The minimum Gasteiger partial charge on any atom is -0.356 e. The zero-order valence-corrected chi connectivity index (χ0v) is 6.26. The topological polar surface area (TPSA) is 55.1 Å². The van der Waals surface area contributed by atoms with E-state index in [0.717, 1.165) is 13.0 Å². The van der Waals surface area contributed by atoms with Crippen LogP contribution in [0.5, 0.6) is 0 Å². The Balaban J connectivity index is 2.45. The normalized spacial score (nSPS) is 33.6. The molecule has 0 aliphatic carbocycles. The van der Waals surface area contributed by atoms with E-state index in [4.69, 9.17) is 5.73 Å². The van der Waals surface area contributed by atoms with Gasteiger partial charge in [-0.15, -0.1) is 0 Å². The Hall–Kier alpha value is -0.570. The molecule has 3 N–H and O–H groups in total. The monoisotopic (exact) mass is 142 g/mol. The molecule has 1 fully saturated rings. The lowest BCUT2D eigenvalue weighted by Gasteiger charge is -2.25. The predicted molar refractivity (Wildman–Crippen MR) is 39.3 cm³/mol. The van der Waals surface area contributed by atoms with Crippen molar-refractivity contribution in [3.63, 3.8) is 0 Å². The summed E-state index contributed by atoms with van der Waals surface area (Å²) < 4.78 is 0. The quantitative estimate of drug-likeness (QED) is 0.529. The van der Waals surface area contributed by atoms with E-state index in [9.17, 15) is 4.79 Å². The standard InChI is InChI=1S/C7H14N2O/c1-5-2-6(3-8)7(10)9-4-5/h5-6H,2-4,8H2,1H3,(H,9,10)/t5-,6-/m1/s1. The summed E-state index contributed by atoms with van der Waals surface area (Å²) in [5.41, 5.74) is 5.40. The fourth-order valence-corrected chi connectivity index (χ4v) is 1.30. The average Bonchev–Trinajstić information content (AvgIpc) is 1.94. The van der Waals surface area contributed by atoms with E-state index < -0.39 is 0 Å². The first kappa shape index (κ1) is 7.54. The number of carbonyl (C=O) groups is 1. The Morgan fingerprint density at radius 1 is 1.80 bits per heavy atom. The van der Waals surface area contributed by atoms with Crippen molar-refractivity contribution >= 4 is 5.91 Å². The van der Waals surface area contributed by atoms with E-state index in [1.54, 1.807) is 0 Å². The summed E-state index contributed by atoms with van der Waals surface area (Å²) >= 11 is 0. The Morgan fingerprint density at radius 3 is 3.00 bits per heavy atom. The number of amides is 1. The lowest BCUT2D eigenvalue weighted by Crippen LogP contribution is -2.43. The molecule has 3 heteroatoms. The van der Waals surface area contributed by atoms with Crippen LogP contribution in [0.15, 0.2) is 0 Å². The van der Waals surface area contributed by atoms with Gasteiger partial charge in [0.1, 0.15) is 0 Å². The van der Waals surface area contributed by atoms with Crippen LogP contribution in [0.2, 0.25) is 0 Å². The molecule has 1 rings (SSSR count). The molecule has 2 atom stereocenters. The molecule has 0 aromatic heterocycles. The fraction of sp³-hybridized carbons (Fsp3) is 0.857. The maximum absolute atomic E-state index is 11.0. The second-order valence-corrected chi connectivity index (χ2v) is 3.02. The summed E-state index contributed by atoms with van der Waals surface area (Å²) in [6.45, 7) is 3.42. The maximum atomic E-state index is 11.0. The van der Waals surface area contributed by atoms with Gasteiger partial charge in [0.25, 0.3) is 0 Å². The van der Waals surface area contributed by atoms with Gasteiger partial charge in [-0.3, -0.25) is 4.79 Å². The number of hydrogen-bond acceptors (Lipinski definition) is 2. The molecule has 1 amide bonds. The number of hydrogen-bond donors (Lipinski definition) is 2. The van der Waals surface area contributed by atoms with Crippen LogP contribution in [-0.4, -0.2) is 19.0 Å². The van der Waals surface area contributed by atoms with Crippen LogP contribution >= 0.6 is 0 Å². The van der Waals surface area contributed by atoms with Gasteiger partial charge in [0, 0.05) is 13.1 Å². The molecule has 0 aromatic carbocycles. The van der Waals surface area contributed by atoms with E-state index >= 15 is 0 Å². The van der Waals surface area contributed by atoms with Gasteiger partial charge in [0.2, 0.25) is 5.91 Å². The van der Waals surface area contributed by atoms with Crippen molar-refractivity contribution in [3.8, 4) is 0 Å². The zero-order valence-electron chi connectivity index (χ0n) is 6.26. The molecule has 0 aromatic rings. The lowest BCUT2D eigenvalue weighted by molar-refractivity contribution is -0.127. The van der Waals surface area contributed by atoms with Crippen molar-refractivity contribution in [3.05, 3.63) is 0 Å². The second kappa shape index (κ2) is 3.01. The lowest BCUT2D eigenvalue weighted by atomic mass is 9.91. The van der Waals surface area contributed by atoms with Crippen molar-refractivity contribution in [2.75, 3.05) is 13.1 Å². The smallest absolute Gasteiger partial charge is 0.224 e. The highest BCUT2D eigenvalue weighted by Crippen LogP contribution is 2.14. The third-order valence-electron chi connectivity index (χ3n) is 1.97. The van der Waals surface area contributed by atoms with E-state index in [1.807, 2.05) is 0 Å². The van der Waals surface area contributed by atoms with E-state index in [1.165, 1.54) is 0 Å². The van der Waals surface area contributed by atoms with E-state index in [0.29, 0.717) is 12.5 Å². The summed E-state index contributed by atoms with van der Waals surface area (Å²) in [6.07, 6.45) is 0.947. The first-order valence-corrected chi connectivity index (χ1v) is 3.71. The highest BCUT2D eigenvalue weighted by Gasteiger charge is 2.24. The molecule has 1 aliphatic rings. The summed E-state index contributed by atoms with van der Waals surface area (Å²) in [7, 11) is 0. The first-order valence-electron chi connectivity index (χ1n) is 3.71. The molecule has 0 radical (unpaired) electrons.